The van der Waals surface area contributed by atoms with E-state index < -0.39 is 27.7 Å². The van der Waals surface area contributed by atoms with E-state index >= 15 is 0 Å². The second kappa shape index (κ2) is 10.3. The van der Waals surface area contributed by atoms with Crippen molar-refractivity contribution in [2.24, 2.45) is 7.05 Å². The van der Waals surface area contributed by atoms with Crippen LogP contribution < -0.4 is 25.3 Å². The zero-order valence-corrected chi connectivity index (χ0v) is 20.2. The van der Waals surface area contributed by atoms with Crippen molar-refractivity contribution in [3.8, 4) is 11.5 Å². The van der Waals surface area contributed by atoms with Crippen LogP contribution in [-0.2, 0) is 21.9 Å². The number of methoxy groups -OCH3 is 2. The van der Waals surface area contributed by atoms with Crippen molar-refractivity contribution in [1.82, 2.24) is 9.29 Å². The minimum absolute atomic E-state index is 0.120. The molecule has 0 aliphatic heterocycles. The molecular weight excluding hydrogens is 470 g/mol. The molecule has 10 nitrogen and oxygen atoms in total. The predicted octanol–water partition coefficient (Wildman–Crippen LogP) is 2.19. The molecule has 12 heteroatoms. The highest BCUT2D eigenvalue weighted by Crippen LogP contribution is 2.29. The maximum atomic E-state index is 13.1. The zero-order valence-electron chi connectivity index (χ0n) is 18.6. The number of hydrogen-bond acceptors (Lipinski definition) is 8. The summed E-state index contributed by atoms with van der Waals surface area (Å²) in [6.45, 7) is 0. The van der Waals surface area contributed by atoms with Crippen LogP contribution in [0.1, 0.15) is 6.42 Å². The second-order valence-corrected chi connectivity index (χ2v) is 9.77. The molecular formula is C21H25N3O7S2. The van der Waals surface area contributed by atoms with E-state index in [1.165, 1.54) is 55.8 Å². The number of ether oxygens (including phenoxy) is 2. The van der Waals surface area contributed by atoms with E-state index in [0.717, 1.165) is 0 Å². The summed E-state index contributed by atoms with van der Waals surface area (Å²) in [6.07, 6.45) is 2.11. The lowest BCUT2D eigenvalue weighted by Crippen LogP contribution is -2.44. The molecule has 0 radical (unpaired) electrons. The van der Waals surface area contributed by atoms with Crippen LogP contribution in [-0.4, -0.2) is 51.2 Å². The molecule has 33 heavy (non-hydrogen) atoms. The van der Waals surface area contributed by atoms with Gasteiger partial charge in [-0.2, -0.15) is 16.5 Å². The summed E-state index contributed by atoms with van der Waals surface area (Å²) in [5.74, 6) is 0.302. The minimum Gasteiger partial charge on any atom is -0.497 e. The average Bonchev–Trinajstić information content (AvgIpc) is 3.09. The number of aryl methyl sites for hydroxylation is 1. The van der Waals surface area contributed by atoms with Gasteiger partial charge in [-0.05, 0) is 42.7 Å². The van der Waals surface area contributed by atoms with Crippen molar-refractivity contribution in [1.29, 1.82) is 0 Å². The van der Waals surface area contributed by atoms with Gasteiger partial charge in [0, 0.05) is 19.2 Å². The molecule has 2 aromatic carbocycles. The maximum Gasteiger partial charge on any atom is 0.419 e. The first-order chi connectivity index (χ1) is 15.7. The monoisotopic (exact) mass is 495 g/mol. The lowest BCUT2D eigenvalue weighted by Gasteiger charge is -2.19. The molecule has 0 aliphatic carbocycles. The molecule has 1 amide bonds. The second-order valence-electron chi connectivity index (χ2n) is 7.07. The lowest BCUT2D eigenvalue weighted by molar-refractivity contribution is -0.117. The normalized spacial score (nSPS) is 12.5. The number of fused-ring (bicyclic) bond motifs is 1. The number of sulfonamides is 1. The number of benzene rings is 2. The Morgan fingerprint density at radius 2 is 1.94 bits per heavy atom. The smallest absolute Gasteiger partial charge is 0.419 e. The van der Waals surface area contributed by atoms with Crippen molar-refractivity contribution in [2.45, 2.75) is 17.4 Å². The first-order valence-corrected chi connectivity index (χ1v) is 12.7. The Labute approximate surface area is 195 Å². The Morgan fingerprint density at radius 1 is 1.18 bits per heavy atom. The van der Waals surface area contributed by atoms with Gasteiger partial charge >= 0.3 is 5.76 Å². The summed E-state index contributed by atoms with van der Waals surface area (Å²) >= 11 is 1.48. The number of anilines is 1. The summed E-state index contributed by atoms with van der Waals surface area (Å²) in [5, 5.41) is 2.72. The van der Waals surface area contributed by atoms with Gasteiger partial charge in [0.25, 0.3) is 0 Å². The number of hydrogen-bond donors (Lipinski definition) is 2. The van der Waals surface area contributed by atoms with E-state index in [0.29, 0.717) is 28.5 Å². The van der Waals surface area contributed by atoms with Gasteiger partial charge in [0.2, 0.25) is 15.9 Å². The van der Waals surface area contributed by atoms with Crippen LogP contribution in [0.15, 0.2) is 50.5 Å². The summed E-state index contributed by atoms with van der Waals surface area (Å²) in [4.78, 5) is 24.6. The van der Waals surface area contributed by atoms with Crippen molar-refractivity contribution in [3.63, 3.8) is 0 Å². The van der Waals surface area contributed by atoms with E-state index in [-0.39, 0.29) is 16.9 Å². The van der Waals surface area contributed by atoms with Crippen LogP contribution in [0, 0.1) is 0 Å². The number of rotatable bonds is 10. The van der Waals surface area contributed by atoms with Gasteiger partial charge in [0.15, 0.2) is 5.58 Å². The lowest BCUT2D eigenvalue weighted by atomic mass is 10.2. The topological polar surface area (TPSA) is 129 Å². The number of carbonyl (C=O) groups excluding carboxylic acids is 1. The molecule has 0 unspecified atom stereocenters. The van der Waals surface area contributed by atoms with E-state index in [4.69, 9.17) is 13.9 Å². The highest BCUT2D eigenvalue weighted by atomic mass is 32.2. The quantitative estimate of drug-likeness (QED) is 0.438. The summed E-state index contributed by atoms with van der Waals surface area (Å²) in [7, 11) is 0.382. The van der Waals surface area contributed by atoms with Crippen molar-refractivity contribution in [2.75, 3.05) is 31.5 Å². The molecule has 0 spiro atoms. The van der Waals surface area contributed by atoms with Crippen LogP contribution in [0.3, 0.4) is 0 Å². The standard InChI is InChI=1S/C21H25N3O7S2/c1-24-17-7-6-14(12-19(17)31-21(24)26)33(27,28)23-15(9-10-32-4)20(25)22-16-11-13(29-2)5-8-18(16)30-3/h5-8,11-12,15,23H,9-10H2,1-4H3,(H,22,25)/t15-/m0/s1. The third kappa shape index (κ3) is 5.52. The van der Waals surface area contributed by atoms with Gasteiger partial charge in [-0.15, -0.1) is 0 Å². The summed E-state index contributed by atoms with van der Waals surface area (Å²) < 4.78 is 45.4. The molecule has 1 atom stereocenters. The number of thioether (sulfide) groups is 1. The highest BCUT2D eigenvalue weighted by Gasteiger charge is 2.27. The molecule has 0 bridgehead atoms. The molecule has 178 valence electrons. The van der Waals surface area contributed by atoms with E-state index in [1.54, 1.807) is 18.2 Å². The van der Waals surface area contributed by atoms with Gasteiger partial charge < -0.3 is 19.2 Å². The van der Waals surface area contributed by atoms with Crippen LogP contribution in [0.4, 0.5) is 5.69 Å². The molecule has 2 N–H and O–H groups in total. The molecule has 3 aromatic rings. The number of nitrogens with zero attached hydrogens (tertiary/aromatic N) is 1. The first-order valence-electron chi connectivity index (χ1n) is 9.84. The Bertz CT molecular complexity index is 1320. The van der Waals surface area contributed by atoms with E-state index in [2.05, 4.69) is 10.0 Å². The minimum atomic E-state index is -4.10. The number of oxazole rings is 1. The van der Waals surface area contributed by atoms with E-state index in [1.807, 2.05) is 6.26 Å². The van der Waals surface area contributed by atoms with Crippen LogP contribution in [0.2, 0.25) is 0 Å². The Balaban J connectivity index is 1.88. The SMILES string of the molecule is COc1ccc(OC)c(NC(=O)[C@H](CCSC)NS(=O)(=O)c2ccc3c(c2)oc(=O)n3C)c1. The number of aromatic nitrogens is 1. The van der Waals surface area contributed by atoms with Crippen LogP contribution in [0.5, 0.6) is 11.5 Å². The van der Waals surface area contributed by atoms with Gasteiger partial charge in [-0.1, -0.05) is 0 Å². The molecule has 0 aliphatic rings. The first kappa shape index (κ1) is 24.7. The van der Waals surface area contributed by atoms with Crippen molar-refractivity contribution >= 4 is 44.5 Å². The number of carbonyl (C=O) groups is 1. The Morgan fingerprint density at radius 3 is 2.61 bits per heavy atom. The fourth-order valence-corrected chi connectivity index (χ4v) is 4.86. The van der Waals surface area contributed by atoms with Gasteiger partial charge in [-0.3, -0.25) is 9.36 Å². The fraction of sp³-hybridized carbons (Fsp3) is 0.333. The number of amides is 1. The van der Waals surface area contributed by atoms with Gasteiger partial charge in [0.1, 0.15) is 17.5 Å². The predicted molar refractivity (Wildman–Crippen MR) is 127 cm³/mol. The van der Waals surface area contributed by atoms with Crippen molar-refractivity contribution < 1.29 is 27.1 Å². The molecule has 0 saturated carbocycles. The Hall–Kier alpha value is -2.96. The Kier molecular flexibility index (Phi) is 7.72. The van der Waals surface area contributed by atoms with Crippen LogP contribution >= 0.6 is 11.8 Å². The molecule has 1 aromatic heterocycles. The van der Waals surface area contributed by atoms with Crippen molar-refractivity contribution in [3.05, 3.63) is 46.9 Å². The van der Waals surface area contributed by atoms with Gasteiger partial charge in [-0.25, -0.2) is 13.2 Å². The highest BCUT2D eigenvalue weighted by molar-refractivity contribution is 7.98. The fourth-order valence-electron chi connectivity index (χ4n) is 3.15. The van der Waals surface area contributed by atoms with Crippen LogP contribution in [0.25, 0.3) is 11.1 Å². The maximum absolute atomic E-state index is 13.1. The third-order valence-corrected chi connectivity index (χ3v) is 7.08. The largest absolute Gasteiger partial charge is 0.497 e. The average molecular weight is 496 g/mol. The van der Waals surface area contributed by atoms with E-state index in [9.17, 15) is 18.0 Å². The molecule has 0 saturated heterocycles. The number of nitrogens with one attached hydrogen (secondary N) is 2. The van der Waals surface area contributed by atoms with Gasteiger partial charge in [0.05, 0.1) is 30.3 Å². The summed E-state index contributed by atoms with van der Waals surface area (Å²) in [5.41, 5.74) is 0.944. The molecule has 3 rings (SSSR count). The molecule has 1 heterocycles. The molecule has 0 fully saturated rings. The third-order valence-electron chi connectivity index (χ3n) is 4.96. The zero-order chi connectivity index (χ0) is 24.2. The summed E-state index contributed by atoms with van der Waals surface area (Å²) in [6, 6.07) is 7.94.